The van der Waals surface area contributed by atoms with E-state index < -0.39 is 0 Å². The summed E-state index contributed by atoms with van der Waals surface area (Å²) in [5.41, 5.74) is 1.27. The van der Waals surface area contributed by atoms with E-state index in [1.807, 2.05) is 0 Å². The second-order valence-corrected chi connectivity index (χ2v) is 4.51. The highest BCUT2D eigenvalue weighted by atomic mass is 16.5. The lowest BCUT2D eigenvalue weighted by molar-refractivity contribution is 0.0845. The van der Waals surface area contributed by atoms with Crippen LogP contribution < -0.4 is 5.32 Å². The van der Waals surface area contributed by atoms with Crippen LogP contribution >= 0.6 is 0 Å². The van der Waals surface area contributed by atoms with Gasteiger partial charge in [-0.3, -0.25) is 5.10 Å². The van der Waals surface area contributed by atoms with E-state index in [4.69, 9.17) is 4.74 Å². The number of H-pyrrole nitrogens is 1. The molecule has 0 atom stereocenters. The summed E-state index contributed by atoms with van der Waals surface area (Å²) in [5.74, 6) is 1.62. The van der Waals surface area contributed by atoms with Crippen LogP contribution in [0.5, 0.6) is 0 Å². The minimum Gasteiger partial charge on any atom is -0.381 e. The van der Waals surface area contributed by atoms with Gasteiger partial charge in [-0.05, 0) is 25.7 Å². The van der Waals surface area contributed by atoms with Gasteiger partial charge in [0.15, 0.2) is 0 Å². The number of nitrogens with one attached hydrogen (secondary N) is 2. The van der Waals surface area contributed by atoms with Crippen LogP contribution in [0.3, 0.4) is 0 Å². The molecular weight excluding hydrogens is 190 g/mol. The lowest BCUT2D eigenvalue weighted by Crippen LogP contribution is -2.14. The molecule has 0 radical (unpaired) electrons. The van der Waals surface area contributed by atoms with Crippen molar-refractivity contribution in [2.24, 2.45) is 0 Å². The maximum atomic E-state index is 5.35. The maximum absolute atomic E-state index is 5.35. The first-order chi connectivity index (χ1) is 7.42. The van der Waals surface area contributed by atoms with Crippen molar-refractivity contribution in [3.05, 3.63) is 11.8 Å². The third-order valence-electron chi connectivity index (χ3n) is 3.19. The Labute approximate surface area is 89.4 Å². The number of hydrogen-bond acceptors (Lipinski definition) is 3. The van der Waals surface area contributed by atoms with Crippen molar-refractivity contribution in [3.8, 4) is 0 Å². The Hall–Kier alpha value is -1.03. The van der Waals surface area contributed by atoms with Gasteiger partial charge in [0.05, 0.1) is 0 Å². The molecule has 1 aromatic heterocycles. The van der Waals surface area contributed by atoms with Crippen LogP contribution in [-0.4, -0.2) is 29.5 Å². The fraction of sp³-hybridized carbons (Fsp3) is 0.727. The van der Waals surface area contributed by atoms with Gasteiger partial charge in [-0.15, -0.1) is 0 Å². The van der Waals surface area contributed by atoms with Gasteiger partial charge in [0.1, 0.15) is 5.82 Å². The Kier molecular flexibility index (Phi) is 2.37. The number of ether oxygens (including phenoxy) is 1. The van der Waals surface area contributed by atoms with Crippen LogP contribution in [0, 0.1) is 0 Å². The Balaban J connectivity index is 1.65. The van der Waals surface area contributed by atoms with Gasteiger partial charge in [-0.2, -0.15) is 5.10 Å². The zero-order valence-corrected chi connectivity index (χ0v) is 8.83. The van der Waals surface area contributed by atoms with Gasteiger partial charge < -0.3 is 10.1 Å². The minimum atomic E-state index is 0.612. The molecule has 1 aromatic rings. The van der Waals surface area contributed by atoms with E-state index in [1.54, 1.807) is 0 Å². The van der Waals surface area contributed by atoms with E-state index in [2.05, 4.69) is 21.6 Å². The molecule has 1 aliphatic heterocycles. The quantitative estimate of drug-likeness (QED) is 0.795. The zero-order valence-electron chi connectivity index (χ0n) is 8.83. The van der Waals surface area contributed by atoms with Crippen molar-refractivity contribution in [1.82, 2.24) is 10.2 Å². The van der Waals surface area contributed by atoms with Crippen molar-refractivity contribution in [2.45, 2.75) is 37.6 Å². The van der Waals surface area contributed by atoms with Gasteiger partial charge in [0.25, 0.3) is 0 Å². The van der Waals surface area contributed by atoms with Gasteiger partial charge in [-0.25, -0.2) is 0 Å². The summed E-state index contributed by atoms with van der Waals surface area (Å²) in [7, 11) is 0. The first-order valence-corrected chi connectivity index (χ1v) is 5.81. The van der Waals surface area contributed by atoms with E-state index in [1.165, 1.54) is 18.5 Å². The van der Waals surface area contributed by atoms with E-state index in [0.717, 1.165) is 31.9 Å². The fourth-order valence-electron chi connectivity index (χ4n) is 2.07. The molecule has 2 N–H and O–H groups in total. The van der Waals surface area contributed by atoms with Crippen LogP contribution in [-0.2, 0) is 4.74 Å². The third-order valence-corrected chi connectivity index (χ3v) is 3.19. The topological polar surface area (TPSA) is 49.9 Å². The average molecular weight is 207 g/mol. The molecule has 4 heteroatoms. The summed E-state index contributed by atoms with van der Waals surface area (Å²) >= 11 is 0. The summed E-state index contributed by atoms with van der Waals surface area (Å²) in [5, 5.41) is 10.8. The van der Waals surface area contributed by atoms with Crippen molar-refractivity contribution in [1.29, 1.82) is 0 Å². The third kappa shape index (κ3) is 2.15. The molecule has 82 valence electrons. The Morgan fingerprint density at radius 1 is 1.27 bits per heavy atom. The average Bonchev–Trinajstić information content (AvgIpc) is 2.96. The molecule has 2 aliphatic rings. The van der Waals surface area contributed by atoms with E-state index in [-0.39, 0.29) is 0 Å². The molecule has 0 unspecified atom stereocenters. The van der Waals surface area contributed by atoms with Gasteiger partial charge in [-0.1, -0.05) is 0 Å². The molecule has 15 heavy (non-hydrogen) atoms. The van der Waals surface area contributed by atoms with Crippen molar-refractivity contribution in [3.63, 3.8) is 0 Å². The SMILES string of the molecule is c1c(NC2CC2)n[nH]c1C1CCOCC1. The molecule has 2 fully saturated rings. The van der Waals surface area contributed by atoms with Gasteiger partial charge in [0.2, 0.25) is 0 Å². The van der Waals surface area contributed by atoms with Crippen LogP contribution in [0.25, 0.3) is 0 Å². The smallest absolute Gasteiger partial charge is 0.148 e. The van der Waals surface area contributed by atoms with Gasteiger partial charge in [0, 0.05) is 36.9 Å². The van der Waals surface area contributed by atoms with Crippen LogP contribution in [0.4, 0.5) is 5.82 Å². The first-order valence-electron chi connectivity index (χ1n) is 5.81. The number of aromatic nitrogens is 2. The molecule has 0 aromatic carbocycles. The zero-order chi connectivity index (χ0) is 10.1. The Morgan fingerprint density at radius 3 is 2.80 bits per heavy atom. The van der Waals surface area contributed by atoms with Crippen LogP contribution in [0.15, 0.2) is 6.07 Å². The summed E-state index contributed by atoms with van der Waals surface area (Å²) < 4.78 is 5.35. The molecule has 0 bridgehead atoms. The molecule has 3 rings (SSSR count). The number of rotatable bonds is 3. The lowest BCUT2D eigenvalue weighted by Gasteiger charge is -2.20. The first kappa shape index (κ1) is 9.21. The molecule has 1 aliphatic carbocycles. The van der Waals surface area contributed by atoms with Gasteiger partial charge >= 0.3 is 0 Å². The van der Waals surface area contributed by atoms with Crippen LogP contribution in [0.1, 0.15) is 37.3 Å². The molecule has 4 nitrogen and oxygen atoms in total. The Bertz CT molecular complexity index is 326. The molecule has 0 spiro atoms. The van der Waals surface area contributed by atoms with E-state index in [9.17, 15) is 0 Å². The highest BCUT2D eigenvalue weighted by Gasteiger charge is 2.23. The number of aromatic amines is 1. The summed E-state index contributed by atoms with van der Waals surface area (Å²) in [6, 6.07) is 2.84. The maximum Gasteiger partial charge on any atom is 0.148 e. The van der Waals surface area contributed by atoms with Crippen molar-refractivity contribution in [2.75, 3.05) is 18.5 Å². The molecular formula is C11H17N3O. The van der Waals surface area contributed by atoms with Crippen molar-refractivity contribution >= 4 is 5.82 Å². The molecule has 1 saturated carbocycles. The highest BCUT2D eigenvalue weighted by molar-refractivity contribution is 5.38. The second kappa shape index (κ2) is 3.85. The summed E-state index contributed by atoms with van der Waals surface area (Å²) in [6.07, 6.45) is 4.81. The largest absolute Gasteiger partial charge is 0.381 e. The number of nitrogens with zero attached hydrogens (tertiary/aromatic N) is 1. The summed E-state index contributed by atoms with van der Waals surface area (Å²) in [6.45, 7) is 1.77. The van der Waals surface area contributed by atoms with E-state index >= 15 is 0 Å². The highest BCUT2D eigenvalue weighted by Crippen LogP contribution is 2.28. The second-order valence-electron chi connectivity index (χ2n) is 4.51. The van der Waals surface area contributed by atoms with Crippen molar-refractivity contribution < 1.29 is 4.74 Å². The minimum absolute atomic E-state index is 0.612. The molecule has 2 heterocycles. The van der Waals surface area contributed by atoms with E-state index in [0.29, 0.717) is 12.0 Å². The standard InChI is InChI=1S/C11H17N3O/c1-2-9(1)12-11-7-10(13-14-11)8-3-5-15-6-4-8/h7-9H,1-6H2,(H2,12,13,14). The predicted molar refractivity (Wildman–Crippen MR) is 58.0 cm³/mol. The normalized spacial score (nSPS) is 22.9. The molecule has 0 amide bonds. The Morgan fingerprint density at radius 2 is 2.07 bits per heavy atom. The monoisotopic (exact) mass is 207 g/mol. The fourth-order valence-corrected chi connectivity index (χ4v) is 2.07. The number of anilines is 1. The lowest BCUT2D eigenvalue weighted by atomic mass is 9.97. The molecule has 1 saturated heterocycles. The summed E-state index contributed by atoms with van der Waals surface area (Å²) in [4.78, 5) is 0. The van der Waals surface area contributed by atoms with Crippen LogP contribution in [0.2, 0.25) is 0 Å². The predicted octanol–water partition coefficient (Wildman–Crippen LogP) is 1.88. The number of hydrogen-bond donors (Lipinski definition) is 2.